The molecule has 100 valence electrons. The van der Waals surface area contributed by atoms with Crippen molar-refractivity contribution in [2.24, 2.45) is 5.73 Å². The third kappa shape index (κ3) is 3.43. The minimum atomic E-state index is -0.189. The van der Waals surface area contributed by atoms with Gasteiger partial charge < -0.3 is 5.73 Å². The first-order valence-electron chi connectivity index (χ1n) is 5.93. The van der Waals surface area contributed by atoms with Crippen LogP contribution in [0.15, 0.2) is 36.4 Å². The van der Waals surface area contributed by atoms with Gasteiger partial charge in [-0.3, -0.25) is 0 Å². The molecule has 1 unspecified atom stereocenters. The number of nitrogens with two attached hydrogens (primary N) is 1. The first kappa shape index (κ1) is 14.7. The summed E-state index contributed by atoms with van der Waals surface area (Å²) in [4.78, 5) is 0. The van der Waals surface area contributed by atoms with Crippen molar-refractivity contribution in [3.63, 3.8) is 0 Å². The molecule has 2 aromatic carbocycles. The van der Waals surface area contributed by atoms with E-state index in [1.807, 2.05) is 37.3 Å². The molecule has 0 radical (unpaired) electrons. The molecule has 2 aromatic rings. The topological polar surface area (TPSA) is 26.0 Å². The second-order valence-corrected chi connectivity index (χ2v) is 5.75. The summed E-state index contributed by atoms with van der Waals surface area (Å²) in [5, 5.41) is 1.97. The molecule has 19 heavy (non-hydrogen) atoms. The van der Waals surface area contributed by atoms with Crippen LogP contribution in [0.5, 0.6) is 0 Å². The van der Waals surface area contributed by atoms with Crippen molar-refractivity contribution in [1.82, 2.24) is 0 Å². The van der Waals surface area contributed by atoms with E-state index < -0.39 is 0 Å². The predicted molar refractivity (Wildman–Crippen MR) is 83.3 cm³/mol. The maximum Gasteiger partial charge on any atom is 0.0483 e. The minimum absolute atomic E-state index is 0.189. The maximum absolute atomic E-state index is 6.29. The monoisotopic (exact) mass is 313 g/mol. The average molecular weight is 315 g/mol. The van der Waals surface area contributed by atoms with E-state index in [1.165, 1.54) is 0 Å². The number of hydrogen-bond acceptors (Lipinski definition) is 1. The lowest BCUT2D eigenvalue weighted by atomic mass is 9.98. The fourth-order valence-corrected chi connectivity index (χ4v) is 2.74. The van der Waals surface area contributed by atoms with Gasteiger partial charge in [-0.1, -0.05) is 59.1 Å². The van der Waals surface area contributed by atoms with Crippen LogP contribution in [-0.4, -0.2) is 0 Å². The van der Waals surface area contributed by atoms with E-state index >= 15 is 0 Å². The maximum atomic E-state index is 6.29. The summed E-state index contributed by atoms with van der Waals surface area (Å²) < 4.78 is 0. The Morgan fingerprint density at radius 3 is 2.53 bits per heavy atom. The highest BCUT2D eigenvalue weighted by Gasteiger charge is 2.13. The third-order valence-electron chi connectivity index (χ3n) is 3.08. The van der Waals surface area contributed by atoms with Crippen LogP contribution < -0.4 is 5.73 Å². The molecule has 0 aliphatic rings. The van der Waals surface area contributed by atoms with E-state index in [1.54, 1.807) is 6.07 Å². The van der Waals surface area contributed by atoms with Gasteiger partial charge in [0.25, 0.3) is 0 Å². The van der Waals surface area contributed by atoms with Gasteiger partial charge in [0.2, 0.25) is 0 Å². The van der Waals surface area contributed by atoms with E-state index in [0.717, 1.165) is 21.7 Å². The van der Waals surface area contributed by atoms with Crippen molar-refractivity contribution >= 4 is 34.8 Å². The Bertz CT molecular complexity index is 596. The first-order valence-corrected chi connectivity index (χ1v) is 7.07. The van der Waals surface area contributed by atoms with Gasteiger partial charge in [-0.15, -0.1) is 0 Å². The fraction of sp³-hybridized carbons (Fsp3) is 0.200. The van der Waals surface area contributed by atoms with E-state index in [4.69, 9.17) is 40.5 Å². The van der Waals surface area contributed by atoms with Gasteiger partial charge in [0.05, 0.1) is 0 Å². The molecule has 1 atom stereocenters. The van der Waals surface area contributed by atoms with Crippen LogP contribution in [-0.2, 0) is 6.42 Å². The number of aryl methyl sites for hydroxylation is 1. The summed E-state index contributed by atoms with van der Waals surface area (Å²) in [5.41, 5.74) is 9.16. The van der Waals surface area contributed by atoms with Crippen molar-refractivity contribution < 1.29 is 0 Å². The van der Waals surface area contributed by atoms with Gasteiger partial charge in [0.1, 0.15) is 0 Å². The van der Waals surface area contributed by atoms with Crippen LogP contribution in [0, 0.1) is 6.92 Å². The van der Waals surface area contributed by atoms with E-state index in [9.17, 15) is 0 Å². The predicted octanol–water partition coefficient (Wildman–Crippen LogP) is 5.20. The van der Waals surface area contributed by atoms with E-state index in [0.29, 0.717) is 16.5 Å². The summed E-state index contributed by atoms with van der Waals surface area (Å²) in [6.07, 6.45) is 0.624. The quantitative estimate of drug-likeness (QED) is 0.828. The molecule has 0 amide bonds. The van der Waals surface area contributed by atoms with Crippen LogP contribution in [0.25, 0.3) is 0 Å². The average Bonchev–Trinajstić information content (AvgIpc) is 2.36. The number of hydrogen-bond donors (Lipinski definition) is 1. The Labute approximate surface area is 128 Å². The van der Waals surface area contributed by atoms with Gasteiger partial charge in [-0.25, -0.2) is 0 Å². The Kier molecular flexibility index (Phi) is 4.75. The largest absolute Gasteiger partial charge is 0.324 e. The summed E-state index contributed by atoms with van der Waals surface area (Å²) in [7, 11) is 0. The van der Waals surface area contributed by atoms with Crippen LogP contribution in [0.1, 0.15) is 22.7 Å². The molecule has 0 spiro atoms. The van der Waals surface area contributed by atoms with E-state index in [-0.39, 0.29) is 6.04 Å². The number of rotatable bonds is 3. The zero-order chi connectivity index (χ0) is 14.0. The zero-order valence-corrected chi connectivity index (χ0v) is 12.7. The Morgan fingerprint density at radius 1 is 1.11 bits per heavy atom. The summed E-state index contributed by atoms with van der Waals surface area (Å²) >= 11 is 18.3. The number of halogens is 3. The first-order chi connectivity index (χ1) is 8.99. The van der Waals surface area contributed by atoms with E-state index in [2.05, 4.69) is 0 Å². The molecule has 0 aliphatic heterocycles. The van der Waals surface area contributed by atoms with Crippen LogP contribution in [0.2, 0.25) is 15.1 Å². The van der Waals surface area contributed by atoms with Crippen LogP contribution in [0.4, 0.5) is 0 Å². The minimum Gasteiger partial charge on any atom is -0.324 e. The van der Waals surface area contributed by atoms with Crippen molar-refractivity contribution in [2.45, 2.75) is 19.4 Å². The van der Waals surface area contributed by atoms with Crippen LogP contribution >= 0.6 is 34.8 Å². The van der Waals surface area contributed by atoms with Gasteiger partial charge in [-0.2, -0.15) is 0 Å². The van der Waals surface area contributed by atoms with Gasteiger partial charge in [-0.05, 0) is 42.2 Å². The van der Waals surface area contributed by atoms with Gasteiger partial charge >= 0.3 is 0 Å². The van der Waals surface area contributed by atoms with Crippen molar-refractivity contribution in [2.75, 3.05) is 0 Å². The molecule has 2 rings (SSSR count). The molecule has 4 heteroatoms. The smallest absolute Gasteiger partial charge is 0.0483 e. The lowest BCUT2D eigenvalue weighted by molar-refractivity contribution is 0.721. The second-order valence-electron chi connectivity index (χ2n) is 4.52. The van der Waals surface area contributed by atoms with Crippen molar-refractivity contribution in [1.29, 1.82) is 0 Å². The zero-order valence-electron chi connectivity index (χ0n) is 10.5. The lowest BCUT2D eigenvalue weighted by Gasteiger charge is -2.16. The number of benzene rings is 2. The molecule has 2 N–H and O–H groups in total. The van der Waals surface area contributed by atoms with Crippen molar-refractivity contribution in [3.8, 4) is 0 Å². The molecule has 0 bridgehead atoms. The molecule has 0 saturated heterocycles. The molecule has 0 fully saturated rings. The molecule has 0 aliphatic carbocycles. The van der Waals surface area contributed by atoms with Crippen molar-refractivity contribution in [3.05, 3.63) is 68.2 Å². The highest BCUT2D eigenvalue weighted by molar-refractivity contribution is 6.35. The Hall–Kier alpha value is -0.730. The normalized spacial score (nSPS) is 12.5. The third-order valence-corrected chi connectivity index (χ3v) is 4.18. The Balaban J connectivity index is 2.25. The lowest BCUT2D eigenvalue weighted by Crippen LogP contribution is -2.14. The summed E-state index contributed by atoms with van der Waals surface area (Å²) in [5.74, 6) is 0. The molecular weight excluding hydrogens is 301 g/mol. The molecule has 0 heterocycles. The summed E-state index contributed by atoms with van der Waals surface area (Å²) in [6.45, 7) is 1.97. The SMILES string of the molecule is Cc1cccc(C(N)Cc2ccc(Cl)cc2Cl)c1Cl. The Morgan fingerprint density at radius 2 is 1.84 bits per heavy atom. The molecular formula is C15H14Cl3N. The molecule has 0 saturated carbocycles. The van der Waals surface area contributed by atoms with Gasteiger partial charge in [0, 0.05) is 21.1 Å². The summed E-state index contributed by atoms with van der Waals surface area (Å²) in [6, 6.07) is 11.1. The standard InChI is InChI=1S/C15H14Cl3N/c1-9-3-2-4-12(15(9)18)14(19)7-10-5-6-11(16)8-13(10)17/h2-6,8,14H,7,19H2,1H3. The highest BCUT2D eigenvalue weighted by atomic mass is 35.5. The fourth-order valence-electron chi connectivity index (χ4n) is 1.99. The van der Waals surface area contributed by atoms with Gasteiger partial charge in [0.15, 0.2) is 0 Å². The molecule has 0 aromatic heterocycles. The van der Waals surface area contributed by atoms with Crippen LogP contribution in [0.3, 0.4) is 0 Å². The molecule has 1 nitrogen and oxygen atoms in total. The second kappa shape index (κ2) is 6.15. The highest BCUT2D eigenvalue weighted by Crippen LogP contribution is 2.29.